The quantitative estimate of drug-likeness (QED) is 0.810. The van der Waals surface area contributed by atoms with Gasteiger partial charge in [0.2, 0.25) is 5.91 Å². The molecule has 2 rings (SSSR count). The summed E-state index contributed by atoms with van der Waals surface area (Å²) in [7, 11) is 2.18. The zero-order chi connectivity index (χ0) is 13.7. The van der Waals surface area contributed by atoms with Crippen LogP contribution in [-0.4, -0.2) is 48.7 Å². The van der Waals surface area contributed by atoms with Crippen LogP contribution in [0.2, 0.25) is 0 Å². The van der Waals surface area contributed by atoms with Crippen molar-refractivity contribution in [2.75, 3.05) is 26.7 Å². The maximum Gasteiger partial charge on any atom is 0.223 e. The molecular weight excluding hydrogens is 240 g/mol. The average molecular weight is 268 g/mol. The first-order valence-electron chi connectivity index (χ1n) is 7.79. The van der Waals surface area contributed by atoms with Crippen LogP contribution in [0.15, 0.2) is 0 Å². The number of nitrogens with zero attached hydrogens (tertiary/aromatic N) is 1. The van der Waals surface area contributed by atoms with Crippen molar-refractivity contribution in [1.82, 2.24) is 10.2 Å². The van der Waals surface area contributed by atoms with Crippen molar-refractivity contribution in [3.05, 3.63) is 0 Å². The van der Waals surface area contributed by atoms with Gasteiger partial charge in [-0.15, -0.1) is 0 Å². The van der Waals surface area contributed by atoms with E-state index in [1.807, 2.05) is 0 Å². The Morgan fingerprint density at radius 1 is 1.16 bits per heavy atom. The fraction of sp³-hybridized carbons (Fsp3) is 0.933. The topological polar surface area (TPSA) is 52.6 Å². The molecule has 110 valence electrons. The van der Waals surface area contributed by atoms with Crippen LogP contribution >= 0.6 is 0 Å². The summed E-state index contributed by atoms with van der Waals surface area (Å²) in [6.07, 6.45) is 6.74. The Bertz CT molecular complexity index is 280. The van der Waals surface area contributed by atoms with E-state index < -0.39 is 0 Å². The molecule has 1 aliphatic carbocycles. The number of piperidine rings is 1. The van der Waals surface area contributed by atoms with Crippen molar-refractivity contribution in [2.45, 2.75) is 51.0 Å². The molecule has 0 bridgehead atoms. The van der Waals surface area contributed by atoms with Gasteiger partial charge in [-0.3, -0.25) is 4.79 Å². The third-order valence-corrected chi connectivity index (χ3v) is 4.76. The molecule has 0 unspecified atom stereocenters. The second kappa shape index (κ2) is 7.25. The molecule has 4 heteroatoms. The molecule has 0 aromatic carbocycles. The van der Waals surface area contributed by atoms with Crippen molar-refractivity contribution < 1.29 is 9.90 Å². The lowest BCUT2D eigenvalue weighted by molar-refractivity contribution is -0.126. The number of aliphatic hydroxyl groups excluding tert-OH is 1. The molecule has 2 N–H and O–H groups in total. The van der Waals surface area contributed by atoms with Crippen LogP contribution in [-0.2, 0) is 4.79 Å². The third kappa shape index (κ3) is 4.77. The fourth-order valence-corrected chi connectivity index (χ4v) is 3.23. The Kier molecular flexibility index (Phi) is 5.64. The minimum absolute atomic E-state index is 0.140. The van der Waals surface area contributed by atoms with Gasteiger partial charge in [0.05, 0.1) is 6.10 Å². The Morgan fingerprint density at radius 3 is 2.42 bits per heavy atom. The van der Waals surface area contributed by atoms with Crippen molar-refractivity contribution in [2.24, 2.45) is 11.8 Å². The van der Waals surface area contributed by atoms with Crippen LogP contribution in [0.3, 0.4) is 0 Å². The van der Waals surface area contributed by atoms with E-state index in [1.165, 1.54) is 25.9 Å². The van der Waals surface area contributed by atoms with Crippen molar-refractivity contribution >= 4 is 5.91 Å². The molecule has 0 aromatic rings. The number of hydrogen-bond donors (Lipinski definition) is 2. The number of carbonyl (C=O) groups is 1. The average Bonchev–Trinajstić information content (AvgIpc) is 2.41. The van der Waals surface area contributed by atoms with E-state index in [0.29, 0.717) is 0 Å². The lowest BCUT2D eigenvalue weighted by atomic mass is 9.87. The fourth-order valence-electron chi connectivity index (χ4n) is 3.23. The number of rotatable bonds is 4. The number of hydrogen-bond acceptors (Lipinski definition) is 3. The van der Waals surface area contributed by atoms with Crippen molar-refractivity contribution in [3.63, 3.8) is 0 Å². The summed E-state index contributed by atoms with van der Waals surface area (Å²) >= 11 is 0. The number of aliphatic hydroxyl groups is 1. The molecule has 1 saturated heterocycles. The minimum Gasteiger partial charge on any atom is -0.393 e. The van der Waals surface area contributed by atoms with Gasteiger partial charge in [0.15, 0.2) is 0 Å². The normalized spacial score (nSPS) is 30.2. The highest BCUT2D eigenvalue weighted by Gasteiger charge is 2.25. The molecule has 4 nitrogen and oxygen atoms in total. The highest BCUT2D eigenvalue weighted by molar-refractivity contribution is 5.78. The van der Waals surface area contributed by atoms with E-state index >= 15 is 0 Å². The lowest BCUT2D eigenvalue weighted by Crippen LogP contribution is -2.36. The SMILES string of the molecule is CN1CCC(CCNC(=O)C2CCC(O)CC2)CC1. The minimum atomic E-state index is -0.178. The summed E-state index contributed by atoms with van der Waals surface area (Å²) < 4.78 is 0. The molecular formula is C15H28N2O2. The predicted molar refractivity (Wildman–Crippen MR) is 75.8 cm³/mol. The van der Waals surface area contributed by atoms with Gasteiger partial charge in [-0.25, -0.2) is 0 Å². The molecule has 2 fully saturated rings. The standard InChI is InChI=1S/C15H28N2O2/c1-17-10-7-12(8-11-17)6-9-16-15(19)13-2-4-14(18)5-3-13/h12-14,18H,2-11H2,1H3,(H,16,19). The molecule has 1 amide bonds. The first-order valence-corrected chi connectivity index (χ1v) is 7.79. The molecule has 19 heavy (non-hydrogen) atoms. The van der Waals surface area contributed by atoms with Crippen LogP contribution in [0, 0.1) is 11.8 Å². The van der Waals surface area contributed by atoms with Crippen LogP contribution in [0.1, 0.15) is 44.9 Å². The van der Waals surface area contributed by atoms with Crippen molar-refractivity contribution in [3.8, 4) is 0 Å². The highest BCUT2D eigenvalue weighted by atomic mass is 16.3. The molecule has 1 heterocycles. The highest BCUT2D eigenvalue weighted by Crippen LogP contribution is 2.24. The van der Waals surface area contributed by atoms with Gasteiger partial charge in [0.25, 0.3) is 0 Å². The summed E-state index contributed by atoms with van der Waals surface area (Å²) in [6, 6.07) is 0. The van der Waals surface area contributed by atoms with Gasteiger partial charge >= 0.3 is 0 Å². The molecule has 1 aliphatic heterocycles. The van der Waals surface area contributed by atoms with E-state index in [1.54, 1.807) is 0 Å². The number of nitrogens with one attached hydrogen (secondary N) is 1. The number of likely N-dealkylation sites (tertiary alicyclic amines) is 1. The van der Waals surface area contributed by atoms with Crippen LogP contribution < -0.4 is 5.32 Å². The van der Waals surface area contributed by atoms with E-state index in [0.717, 1.165) is 44.6 Å². The van der Waals surface area contributed by atoms with E-state index in [-0.39, 0.29) is 17.9 Å². The van der Waals surface area contributed by atoms with E-state index in [9.17, 15) is 9.90 Å². The predicted octanol–water partition coefficient (Wildman–Crippen LogP) is 1.39. The summed E-state index contributed by atoms with van der Waals surface area (Å²) in [4.78, 5) is 14.4. The van der Waals surface area contributed by atoms with E-state index in [4.69, 9.17) is 0 Å². The second-order valence-electron chi connectivity index (χ2n) is 6.33. The lowest BCUT2D eigenvalue weighted by Gasteiger charge is -2.29. The molecule has 0 spiro atoms. The van der Waals surface area contributed by atoms with E-state index in [2.05, 4.69) is 17.3 Å². The van der Waals surface area contributed by atoms with Gasteiger partial charge in [-0.05, 0) is 71.0 Å². The zero-order valence-corrected chi connectivity index (χ0v) is 12.1. The van der Waals surface area contributed by atoms with Gasteiger partial charge in [0.1, 0.15) is 0 Å². The van der Waals surface area contributed by atoms with Gasteiger partial charge in [0, 0.05) is 12.5 Å². The second-order valence-corrected chi connectivity index (χ2v) is 6.33. The molecule has 1 saturated carbocycles. The Labute approximate surface area is 116 Å². The summed E-state index contributed by atoms with van der Waals surface area (Å²) in [5.74, 6) is 1.13. The van der Waals surface area contributed by atoms with Gasteiger partial charge in [-0.2, -0.15) is 0 Å². The smallest absolute Gasteiger partial charge is 0.223 e. The molecule has 0 radical (unpaired) electrons. The van der Waals surface area contributed by atoms with Gasteiger partial charge < -0.3 is 15.3 Å². The first kappa shape index (κ1) is 14.8. The maximum absolute atomic E-state index is 12.0. The third-order valence-electron chi connectivity index (χ3n) is 4.76. The summed E-state index contributed by atoms with van der Waals surface area (Å²) in [5, 5.41) is 12.5. The molecule has 0 atom stereocenters. The Morgan fingerprint density at radius 2 is 1.79 bits per heavy atom. The number of carbonyl (C=O) groups excluding carboxylic acids is 1. The largest absolute Gasteiger partial charge is 0.393 e. The van der Waals surface area contributed by atoms with Crippen LogP contribution in [0.4, 0.5) is 0 Å². The molecule has 0 aromatic heterocycles. The van der Waals surface area contributed by atoms with Gasteiger partial charge in [-0.1, -0.05) is 0 Å². The first-order chi connectivity index (χ1) is 9.15. The summed E-state index contributed by atoms with van der Waals surface area (Å²) in [5.41, 5.74) is 0. The summed E-state index contributed by atoms with van der Waals surface area (Å²) in [6.45, 7) is 3.21. The van der Waals surface area contributed by atoms with Crippen molar-refractivity contribution in [1.29, 1.82) is 0 Å². The van der Waals surface area contributed by atoms with Crippen LogP contribution in [0.25, 0.3) is 0 Å². The zero-order valence-electron chi connectivity index (χ0n) is 12.1. The Balaban J connectivity index is 1.59. The monoisotopic (exact) mass is 268 g/mol. The molecule has 2 aliphatic rings. The number of amides is 1. The van der Waals surface area contributed by atoms with Crippen LogP contribution in [0.5, 0.6) is 0 Å². The Hall–Kier alpha value is -0.610. The maximum atomic E-state index is 12.0.